The molecule has 0 atom stereocenters. The minimum Gasteiger partial charge on any atom is -0.333 e. The van der Waals surface area contributed by atoms with Gasteiger partial charge in [-0.1, -0.05) is 42.5 Å². The first kappa shape index (κ1) is 19.0. The standard InChI is InChI=1S/C24H21N3OS/c28-24(21-10-6-19(7-11-21)16-27-15-14-25-18-27)26-22-12-8-20(9-13-22)17-29-23-4-2-1-3-5-23/h1-15,18H,16-17H2,(H,26,28). The fourth-order valence-corrected chi connectivity index (χ4v) is 3.80. The van der Waals surface area contributed by atoms with E-state index in [9.17, 15) is 4.79 Å². The molecular weight excluding hydrogens is 378 g/mol. The lowest BCUT2D eigenvalue weighted by Gasteiger charge is -2.08. The molecule has 3 aromatic carbocycles. The second-order valence-electron chi connectivity index (χ2n) is 6.68. The van der Waals surface area contributed by atoms with Gasteiger partial charge in [0.25, 0.3) is 5.91 Å². The van der Waals surface area contributed by atoms with Gasteiger partial charge in [-0.2, -0.15) is 0 Å². The largest absolute Gasteiger partial charge is 0.333 e. The maximum atomic E-state index is 12.5. The molecule has 1 N–H and O–H groups in total. The number of carbonyl (C=O) groups excluding carboxylic acids is 1. The Bertz CT molecular complexity index is 1040. The lowest BCUT2D eigenvalue weighted by molar-refractivity contribution is 0.102. The van der Waals surface area contributed by atoms with Crippen molar-refractivity contribution in [2.75, 3.05) is 5.32 Å². The van der Waals surface area contributed by atoms with Gasteiger partial charge in [0.15, 0.2) is 0 Å². The molecule has 0 fully saturated rings. The molecule has 5 heteroatoms. The molecule has 0 aliphatic rings. The fourth-order valence-electron chi connectivity index (χ4n) is 2.92. The average Bonchev–Trinajstić information content (AvgIpc) is 3.27. The number of hydrogen-bond acceptors (Lipinski definition) is 3. The maximum absolute atomic E-state index is 12.5. The Hall–Kier alpha value is -3.31. The number of benzene rings is 3. The third-order valence-electron chi connectivity index (χ3n) is 4.50. The van der Waals surface area contributed by atoms with E-state index in [0.717, 1.165) is 23.5 Å². The molecule has 29 heavy (non-hydrogen) atoms. The molecule has 0 saturated carbocycles. The summed E-state index contributed by atoms with van der Waals surface area (Å²) in [7, 11) is 0. The molecule has 0 aliphatic heterocycles. The van der Waals surface area contributed by atoms with Crippen LogP contribution in [0.15, 0.2) is 102 Å². The maximum Gasteiger partial charge on any atom is 0.255 e. The van der Waals surface area contributed by atoms with Crippen LogP contribution in [0.3, 0.4) is 0 Å². The van der Waals surface area contributed by atoms with Crippen LogP contribution in [0.5, 0.6) is 0 Å². The summed E-state index contributed by atoms with van der Waals surface area (Å²) in [5.74, 6) is 0.793. The summed E-state index contributed by atoms with van der Waals surface area (Å²) in [4.78, 5) is 17.8. The molecule has 1 heterocycles. The number of nitrogens with one attached hydrogen (secondary N) is 1. The summed E-state index contributed by atoms with van der Waals surface area (Å²) < 4.78 is 1.99. The van der Waals surface area contributed by atoms with Crippen molar-refractivity contribution in [3.05, 3.63) is 114 Å². The second kappa shape index (κ2) is 9.26. The summed E-state index contributed by atoms with van der Waals surface area (Å²) in [6.45, 7) is 0.740. The summed E-state index contributed by atoms with van der Waals surface area (Å²) in [5, 5.41) is 2.96. The van der Waals surface area contributed by atoms with Crippen molar-refractivity contribution < 1.29 is 4.79 Å². The molecule has 1 amide bonds. The van der Waals surface area contributed by atoms with Crippen LogP contribution in [0.4, 0.5) is 5.69 Å². The zero-order valence-corrected chi connectivity index (χ0v) is 16.7. The summed E-state index contributed by atoms with van der Waals surface area (Å²) in [5.41, 5.74) is 3.79. The highest BCUT2D eigenvalue weighted by Crippen LogP contribution is 2.23. The van der Waals surface area contributed by atoms with E-state index in [4.69, 9.17) is 0 Å². The number of rotatable bonds is 7. The lowest BCUT2D eigenvalue weighted by Crippen LogP contribution is -2.12. The summed E-state index contributed by atoms with van der Waals surface area (Å²) in [6.07, 6.45) is 5.46. The van der Waals surface area contributed by atoms with E-state index in [0.29, 0.717) is 5.56 Å². The Morgan fingerprint density at radius 2 is 1.62 bits per heavy atom. The highest BCUT2D eigenvalue weighted by molar-refractivity contribution is 7.98. The molecule has 1 aromatic heterocycles. The Labute approximate surface area is 174 Å². The predicted octanol–water partition coefficient (Wildman–Crippen LogP) is 5.48. The smallest absolute Gasteiger partial charge is 0.255 e. The third kappa shape index (κ3) is 5.36. The second-order valence-corrected chi connectivity index (χ2v) is 7.73. The fraction of sp³-hybridized carbons (Fsp3) is 0.0833. The van der Waals surface area contributed by atoms with Gasteiger partial charge in [0.05, 0.1) is 6.33 Å². The molecule has 4 rings (SSSR count). The van der Waals surface area contributed by atoms with E-state index >= 15 is 0 Å². The Kier molecular flexibility index (Phi) is 6.07. The van der Waals surface area contributed by atoms with E-state index < -0.39 is 0 Å². The minimum absolute atomic E-state index is 0.106. The molecule has 4 nitrogen and oxygen atoms in total. The molecular formula is C24H21N3OS. The first-order chi connectivity index (χ1) is 14.3. The summed E-state index contributed by atoms with van der Waals surface area (Å²) >= 11 is 1.80. The van der Waals surface area contributed by atoms with Gasteiger partial charge in [0.2, 0.25) is 0 Å². The topological polar surface area (TPSA) is 46.9 Å². The van der Waals surface area contributed by atoms with Crippen LogP contribution in [-0.4, -0.2) is 15.5 Å². The highest BCUT2D eigenvalue weighted by Gasteiger charge is 2.06. The van der Waals surface area contributed by atoms with Gasteiger partial charge < -0.3 is 9.88 Å². The van der Waals surface area contributed by atoms with E-state index in [2.05, 4.69) is 34.6 Å². The van der Waals surface area contributed by atoms with Crippen molar-refractivity contribution >= 4 is 23.4 Å². The number of thioether (sulfide) groups is 1. The van der Waals surface area contributed by atoms with Crippen LogP contribution in [0, 0.1) is 0 Å². The highest BCUT2D eigenvalue weighted by atomic mass is 32.2. The van der Waals surface area contributed by atoms with E-state index in [1.165, 1.54) is 10.5 Å². The van der Waals surface area contributed by atoms with Crippen molar-refractivity contribution in [1.29, 1.82) is 0 Å². The number of imidazole rings is 1. The lowest BCUT2D eigenvalue weighted by atomic mass is 10.1. The normalized spacial score (nSPS) is 10.6. The molecule has 4 aromatic rings. The van der Waals surface area contributed by atoms with Gasteiger partial charge in [-0.3, -0.25) is 4.79 Å². The van der Waals surface area contributed by atoms with Crippen LogP contribution in [0.2, 0.25) is 0 Å². The molecule has 144 valence electrons. The first-order valence-corrected chi connectivity index (χ1v) is 10.4. The van der Waals surface area contributed by atoms with Gasteiger partial charge in [-0.05, 0) is 47.5 Å². The zero-order chi connectivity index (χ0) is 19.9. The van der Waals surface area contributed by atoms with Gasteiger partial charge in [-0.15, -0.1) is 11.8 Å². The predicted molar refractivity (Wildman–Crippen MR) is 118 cm³/mol. The van der Waals surface area contributed by atoms with Gasteiger partial charge >= 0.3 is 0 Å². The van der Waals surface area contributed by atoms with Crippen LogP contribution in [-0.2, 0) is 12.3 Å². The monoisotopic (exact) mass is 399 g/mol. The quantitative estimate of drug-likeness (QED) is 0.419. The van der Waals surface area contributed by atoms with Crippen LogP contribution < -0.4 is 5.32 Å². The first-order valence-electron chi connectivity index (χ1n) is 9.39. The number of carbonyl (C=O) groups is 1. The van der Waals surface area contributed by atoms with E-state index in [-0.39, 0.29) is 5.91 Å². The van der Waals surface area contributed by atoms with Crippen molar-refractivity contribution in [3.8, 4) is 0 Å². The Balaban J connectivity index is 1.32. The van der Waals surface area contributed by atoms with Crippen molar-refractivity contribution in [1.82, 2.24) is 9.55 Å². The van der Waals surface area contributed by atoms with Crippen molar-refractivity contribution in [2.45, 2.75) is 17.2 Å². The molecule has 0 saturated heterocycles. The minimum atomic E-state index is -0.106. The number of aromatic nitrogens is 2. The number of nitrogens with zero attached hydrogens (tertiary/aromatic N) is 2. The van der Waals surface area contributed by atoms with Crippen molar-refractivity contribution in [3.63, 3.8) is 0 Å². The SMILES string of the molecule is O=C(Nc1ccc(CSc2ccccc2)cc1)c1ccc(Cn2ccnc2)cc1. The number of anilines is 1. The Morgan fingerprint density at radius 3 is 2.31 bits per heavy atom. The molecule has 0 unspecified atom stereocenters. The summed E-state index contributed by atoms with van der Waals surface area (Å²) in [6, 6.07) is 26.0. The van der Waals surface area contributed by atoms with Crippen LogP contribution >= 0.6 is 11.8 Å². The number of amides is 1. The molecule has 0 bridgehead atoms. The zero-order valence-electron chi connectivity index (χ0n) is 15.9. The van der Waals surface area contributed by atoms with Crippen LogP contribution in [0.1, 0.15) is 21.5 Å². The Morgan fingerprint density at radius 1 is 0.897 bits per heavy atom. The van der Waals surface area contributed by atoms with E-state index in [1.54, 1.807) is 24.3 Å². The van der Waals surface area contributed by atoms with Gasteiger partial charge in [0.1, 0.15) is 0 Å². The molecule has 0 spiro atoms. The van der Waals surface area contributed by atoms with Gasteiger partial charge in [0, 0.05) is 40.8 Å². The van der Waals surface area contributed by atoms with Crippen LogP contribution in [0.25, 0.3) is 0 Å². The molecule has 0 aliphatic carbocycles. The van der Waals surface area contributed by atoms with Crippen molar-refractivity contribution in [2.24, 2.45) is 0 Å². The van der Waals surface area contributed by atoms with E-state index in [1.807, 2.05) is 65.4 Å². The van der Waals surface area contributed by atoms with Gasteiger partial charge in [-0.25, -0.2) is 4.98 Å². The molecule has 0 radical (unpaired) electrons. The third-order valence-corrected chi connectivity index (χ3v) is 5.58. The number of hydrogen-bond donors (Lipinski definition) is 1. The average molecular weight is 400 g/mol.